The largest absolute Gasteiger partial charge is 0.393 e. The number of fused-ring (bicyclic) bond motifs is 5. The fourth-order valence-corrected chi connectivity index (χ4v) is 10.8. The van der Waals surface area contributed by atoms with Gasteiger partial charge in [0.2, 0.25) is 0 Å². The maximum atomic E-state index is 11.0. The fraction of sp³-hybridized carbons (Fsp3) is 0.939. The molecule has 0 saturated heterocycles. The molecule has 11 atom stereocenters. The van der Waals surface area contributed by atoms with E-state index in [1.165, 1.54) is 69.8 Å². The van der Waals surface area contributed by atoms with E-state index >= 15 is 0 Å². The van der Waals surface area contributed by atoms with Crippen LogP contribution < -0.4 is 0 Å². The second-order valence-corrected chi connectivity index (χ2v) is 14.7. The highest BCUT2D eigenvalue weighted by atomic mass is 16.3. The number of hydrogen-bond donors (Lipinski definition) is 1. The second kappa shape index (κ2) is 10.2. The molecule has 0 radical (unpaired) electrons. The van der Waals surface area contributed by atoms with Gasteiger partial charge in [0.05, 0.1) is 6.10 Å². The fourth-order valence-electron chi connectivity index (χ4n) is 10.8. The predicted molar refractivity (Wildman–Crippen MR) is 147 cm³/mol. The van der Waals surface area contributed by atoms with Crippen LogP contribution in [0.1, 0.15) is 126 Å². The Morgan fingerprint density at radius 2 is 1.53 bits per heavy atom. The first-order valence-electron chi connectivity index (χ1n) is 15.3. The van der Waals surface area contributed by atoms with Gasteiger partial charge in [-0.25, -0.2) is 0 Å². The highest BCUT2D eigenvalue weighted by Crippen LogP contribution is 2.69. The van der Waals surface area contributed by atoms with Crippen LogP contribution in [-0.2, 0) is 0 Å². The summed E-state index contributed by atoms with van der Waals surface area (Å²) >= 11 is 0. The van der Waals surface area contributed by atoms with Crippen LogP contribution in [0.15, 0.2) is 12.2 Å². The van der Waals surface area contributed by atoms with Gasteiger partial charge in [-0.1, -0.05) is 60.0 Å². The number of hydrogen-bond acceptors (Lipinski definition) is 1. The van der Waals surface area contributed by atoms with E-state index in [0.29, 0.717) is 22.7 Å². The van der Waals surface area contributed by atoms with E-state index in [2.05, 4.69) is 55.0 Å². The molecule has 0 unspecified atom stereocenters. The maximum Gasteiger partial charge on any atom is 0.0574 e. The van der Waals surface area contributed by atoms with E-state index in [9.17, 15) is 5.11 Å². The summed E-state index contributed by atoms with van der Waals surface area (Å²) in [6.07, 6.45) is 16.1. The van der Waals surface area contributed by atoms with Crippen molar-refractivity contribution in [2.75, 3.05) is 0 Å². The van der Waals surface area contributed by atoms with Crippen molar-refractivity contribution in [3.63, 3.8) is 0 Å². The summed E-state index contributed by atoms with van der Waals surface area (Å²) in [5.41, 5.74) is 2.29. The summed E-state index contributed by atoms with van der Waals surface area (Å²) < 4.78 is 0. The zero-order valence-corrected chi connectivity index (χ0v) is 23.9. The molecule has 4 aliphatic carbocycles. The van der Waals surface area contributed by atoms with Crippen LogP contribution in [0.3, 0.4) is 0 Å². The average Bonchev–Trinajstić information content (AvgIpc) is 3.13. The number of rotatable bonds is 8. The summed E-state index contributed by atoms with van der Waals surface area (Å²) in [5.74, 6) is 7.52. The van der Waals surface area contributed by atoms with Crippen LogP contribution in [0.25, 0.3) is 0 Å². The van der Waals surface area contributed by atoms with Crippen molar-refractivity contribution < 1.29 is 5.11 Å². The molecule has 4 rings (SSSR count). The van der Waals surface area contributed by atoms with Crippen molar-refractivity contribution in [2.45, 2.75) is 132 Å². The molecule has 4 fully saturated rings. The van der Waals surface area contributed by atoms with Gasteiger partial charge in [-0.15, -0.1) is 6.58 Å². The zero-order chi connectivity index (χ0) is 24.8. The Balaban J connectivity index is 1.48. The lowest BCUT2D eigenvalue weighted by Gasteiger charge is -2.63. The topological polar surface area (TPSA) is 20.2 Å². The first kappa shape index (κ1) is 26.8. The van der Waals surface area contributed by atoms with Crippen LogP contribution in [0.4, 0.5) is 0 Å². The van der Waals surface area contributed by atoms with Gasteiger partial charge < -0.3 is 5.11 Å². The molecule has 1 heteroatoms. The normalized spacial score (nSPS) is 45.9. The summed E-state index contributed by atoms with van der Waals surface area (Å²) in [6.45, 7) is 21.6. The molecule has 0 amide bonds. The molecule has 34 heavy (non-hydrogen) atoms. The van der Waals surface area contributed by atoms with Gasteiger partial charge in [0.1, 0.15) is 0 Å². The Bertz CT molecular complexity index is 709. The predicted octanol–water partition coefficient (Wildman–Crippen LogP) is 9.30. The second-order valence-electron chi connectivity index (χ2n) is 14.7. The van der Waals surface area contributed by atoms with E-state index in [-0.39, 0.29) is 6.10 Å². The van der Waals surface area contributed by atoms with Gasteiger partial charge in [0.25, 0.3) is 0 Å². The Morgan fingerprint density at radius 1 is 0.882 bits per heavy atom. The molecule has 0 aromatic rings. The third-order valence-corrected chi connectivity index (χ3v) is 12.7. The highest BCUT2D eigenvalue weighted by molar-refractivity contribution is 5.12. The minimum absolute atomic E-state index is 0.102. The van der Waals surface area contributed by atoms with Crippen molar-refractivity contribution in [3.05, 3.63) is 12.2 Å². The smallest absolute Gasteiger partial charge is 0.0574 e. The van der Waals surface area contributed by atoms with Crippen molar-refractivity contribution in [1.29, 1.82) is 0 Å². The van der Waals surface area contributed by atoms with Gasteiger partial charge in [-0.05, 0) is 135 Å². The lowest BCUT2D eigenvalue weighted by atomic mass is 9.42. The van der Waals surface area contributed by atoms with Crippen LogP contribution in [-0.4, -0.2) is 11.2 Å². The Kier molecular flexibility index (Phi) is 8.04. The molecule has 4 saturated carbocycles. The quantitative estimate of drug-likeness (QED) is 0.350. The lowest BCUT2D eigenvalue weighted by Crippen LogP contribution is -2.56. The minimum Gasteiger partial charge on any atom is -0.393 e. The van der Waals surface area contributed by atoms with E-state index in [1.54, 1.807) is 0 Å². The molecule has 0 aromatic heterocycles. The summed E-state index contributed by atoms with van der Waals surface area (Å²) in [4.78, 5) is 0. The van der Waals surface area contributed by atoms with Gasteiger partial charge >= 0.3 is 0 Å². The van der Waals surface area contributed by atoms with Crippen LogP contribution in [0, 0.1) is 64.1 Å². The van der Waals surface area contributed by atoms with Gasteiger partial charge in [0.15, 0.2) is 0 Å². The van der Waals surface area contributed by atoms with Gasteiger partial charge in [-0.2, -0.15) is 0 Å². The Labute approximate surface area is 212 Å². The van der Waals surface area contributed by atoms with E-state index in [1.807, 2.05) is 0 Å². The average molecular weight is 471 g/mol. The first-order chi connectivity index (χ1) is 16.0. The molecule has 0 aromatic carbocycles. The molecule has 196 valence electrons. The standard InChI is InChI=1S/C33H58O/c1-9-24(22(4)5)11-10-23(6)27-14-15-28-25-12-13-29-26(20-21(2)3)31(34)17-19-33(29,8)30(25)16-18-32(27,28)7/h22-31,34H,2,9-20H2,1,3-8H3/t23-,24-,25+,26+,27-,28+,29+,30+,31-,32-,33+/m1/s1. The zero-order valence-electron chi connectivity index (χ0n) is 23.9. The van der Waals surface area contributed by atoms with E-state index in [0.717, 1.165) is 54.3 Å². The van der Waals surface area contributed by atoms with Crippen molar-refractivity contribution in [3.8, 4) is 0 Å². The van der Waals surface area contributed by atoms with Crippen LogP contribution in [0.5, 0.6) is 0 Å². The van der Waals surface area contributed by atoms with Crippen molar-refractivity contribution in [2.24, 2.45) is 64.1 Å². The first-order valence-corrected chi connectivity index (χ1v) is 15.3. The third-order valence-electron chi connectivity index (χ3n) is 12.7. The number of aliphatic hydroxyl groups excluding tert-OH is 1. The molecule has 4 aliphatic rings. The van der Waals surface area contributed by atoms with Crippen LogP contribution in [0.2, 0.25) is 0 Å². The van der Waals surface area contributed by atoms with Crippen molar-refractivity contribution >= 4 is 0 Å². The molecular weight excluding hydrogens is 412 g/mol. The number of aliphatic hydroxyl groups is 1. The molecule has 1 nitrogen and oxygen atoms in total. The lowest BCUT2D eigenvalue weighted by molar-refractivity contribution is -0.152. The maximum absolute atomic E-state index is 11.0. The van der Waals surface area contributed by atoms with Gasteiger partial charge in [0, 0.05) is 0 Å². The molecule has 0 spiro atoms. The Morgan fingerprint density at radius 3 is 2.18 bits per heavy atom. The van der Waals surface area contributed by atoms with E-state index in [4.69, 9.17) is 0 Å². The summed E-state index contributed by atoms with van der Waals surface area (Å²) in [7, 11) is 0. The van der Waals surface area contributed by atoms with Gasteiger partial charge in [-0.3, -0.25) is 0 Å². The SMILES string of the molecule is C=C(C)C[C@@H]1[C@H](O)CC[C@@]2(C)[C@H]1CC[C@@H]1[C@@H]2CC[C@]2(C)[C@@H]([C@H](C)CC[C@@H](CC)C(C)C)CC[C@@H]12. The number of allylic oxidation sites excluding steroid dienone is 1. The highest BCUT2D eigenvalue weighted by Gasteiger charge is 2.61. The minimum atomic E-state index is -0.102. The summed E-state index contributed by atoms with van der Waals surface area (Å²) in [5, 5.41) is 11.0. The molecule has 1 N–H and O–H groups in total. The van der Waals surface area contributed by atoms with Crippen LogP contribution >= 0.6 is 0 Å². The molecular formula is C33H58O. The molecule has 0 bridgehead atoms. The van der Waals surface area contributed by atoms with Crippen molar-refractivity contribution in [1.82, 2.24) is 0 Å². The third kappa shape index (κ3) is 4.59. The molecule has 0 aliphatic heterocycles. The molecule has 0 heterocycles. The Hall–Kier alpha value is -0.300. The monoisotopic (exact) mass is 470 g/mol. The summed E-state index contributed by atoms with van der Waals surface area (Å²) in [6, 6.07) is 0. The van der Waals surface area contributed by atoms with E-state index < -0.39 is 0 Å².